The highest BCUT2D eigenvalue weighted by Crippen LogP contribution is 2.29. The van der Waals surface area contributed by atoms with Gasteiger partial charge in [0.05, 0.1) is 7.11 Å². The van der Waals surface area contributed by atoms with E-state index in [1.54, 1.807) is 14.0 Å². The second kappa shape index (κ2) is 2.03. The average Bonchev–Trinajstić information content (AvgIpc) is 2.08. The predicted octanol–water partition coefficient (Wildman–Crippen LogP) is 1.06. The van der Waals surface area contributed by atoms with Gasteiger partial charge in [0.15, 0.2) is 0 Å². The molecule has 0 aliphatic heterocycles. The lowest BCUT2D eigenvalue weighted by Crippen LogP contribution is -2.23. The first-order valence-electron chi connectivity index (χ1n) is 3.14. The second-order valence-electron chi connectivity index (χ2n) is 2.59. The predicted molar refractivity (Wildman–Crippen MR) is 34.9 cm³/mol. The van der Waals surface area contributed by atoms with Crippen LogP contribution >= 0.6 is 0 Å². The van der Waals surface area contributed by atoms with Gasteiger partial charge in [0.25, 0.3) is 0 Å². The highest BCUT2D eigenvalue weighted by Gasteiger charge is 2.30. The molecular formula is C7H12O2. The molecule has 0 saturated heterocycles. The van der Waals surface area contributed by atoms with Crippen molar-refractivity contribution in [3.63, 3.8) is 0 Å². The van der Waals surface area contributed by atoms with E-state index in [2.05, 4.69) is 0 Å². The number of aliphatic hydroxyl groups is 1. The Bertz CT molecular complexity index is 136. The Labute approximate surface area is 55.1 Å². The van der Waals surface area contributed by atoms with Crippen LogP contribution in [0.25, 0.3) is 0 Å². The number of hydrogen-bond acceptors (Lipinski definition) is 2. The monoisotopic (exact) mass is 128 g/mol. The Morgan fingerprint density at radius 1 is 1.78 bits per heavy atom. The van der Waals surface area contributed by atoms with E-state index in [9.17, 15) is 5.11 Å². The topological polar surface area (TPSA) is 29.5 Å². The van der Waals surface area contributed by atoms with E-state index >= 15 is 0 Å². The summed E-state index contributed by atoms with van der Waals surface area (Å²) < 4.78 is 4.94. The average molecular weight is 128 g/mol. The first-order valence-corrected chi connectivity index (χ1v) is 3.14. The maximum Gasteiger partial charge on any atom is 0.123 e. The third-order valence-electron chi connectivity index (χ3n) is 1.71. The molecule has 0 saturated carbocycles. The summed E-state index contributed by atoms with van der Waals surface area (Å²) in [6.07, 6.45) is 3.65. The van der Waals surface area contributed by atoms with Crippen molar-refractivity contribution in [2.45, 2.75) is 25.4 Å². The quantitative estimate of drug-likeness (QED) is 0.572. The summed E-state index contributed by atoms with van der Waals surface area (Å²) in [5.41, 5.74) is -0.700. The van der Waals surface area contributed by atoms with Crippen LogP contribution in [0.3, 0.4) is 0 Å². The molecule has 0 amide bonds. The van der Waals surface area contributed by atoms with Crippen molar-refractivity contribution in [2.75, 3.05) is 7.11 Å². The molecule has 0 radical (unpaired) electrons. The molecule has 52 valence electrons. The lowest BCUT2D eigenvalue weighted by molar-refractivity contribution is 0.0441. The molecule has 0 aromatic heterocycles. The number of allylic oxidation sites excluding steroid dienone is 1. The zero-order valence-electron chi connectivity index (χ0n) is 5.85. The first-order chi connectivity index (χ1) is 4.17. The van der Waals surface area contributed by atoms with Crippen molar-refractivity contribution < 1.29 is 9.84 Å². The Kier molecular flexibility index (Phi) is 1.49. The standard InChI is InChI=1S/C7H12O2/c1-7(8)5-3-4-6(7)9-2/h4,8H,3,5H2,1-2H3. The number of methoxy groups -OCH3 is 1. The summed E-state index contributed by atoms with van der Waals surface area (Å²) in [5.74, 6) is 0.711. The van der Waals surface area contributed by atoms with Crippen molar-refractivity contribution in [1.82, 2.24) is 0 Å². The van der Waals surface area contributed by atoms with Crippen LogP contribution < -0.4 is 0 Å². The molecule has 1 aliphatic carbocycles. The van der Waals surface area contributed by atoms with Crippen molar-refractivity contribution in [3.05, 3.63) is 11.8 Å². The van der Waals surface area contributed by atoms with Gasteiger partial charge in [-0.25, -0.2) is 0 Å². The van der Waals surface area contributed by atoms with Gasteiger partial charge in [-0.15, -0.1) is 0 Å². The van der Waals surface area contributed by atoms with Crippen LogP contribution in [0.15, 0.2) is 11.8 Å². The van der Waals surface area contributed by atoms with Gasteiger partial charge in [0, 0.05) is 0 Å². The summed E-state index contributed by atoms with van der Waals surface area (Å²) in [6, 6.07) is 0. The fourth-order valence-electron chi connectivity index (χ4n) is 1.13. The molecule has 0 spiro atoms. The number of ether oxygens (including phenoxy) is 1. The van der Waals surface area contributed by atoms with Gasteiger partial charge in [0.2, 0.25) is 0 Å². The maximum atomic E-state index is 9.46. The molecule has 1 N–H and O–H groups in total. The molecule has 2 nitrogen and oxygen atoms in total. The highest BCUT2D eigenvalue weighted by molar-refractivity contribution is 5.14. The van der Waals surface area contributed by atoms with Gasteiger partial charge >= 0.3 is 0 Å². The maximum absolute atomic E-state index is 9.46. The lowest BCUT2D eigenvalue weighted by atomic mass is 10.1. The van der Waals surface area contributed by atoms with Gasteiger partial charge in [0.1, 0.15) is 11.4 Å². The van der Waals surface area contributed by atoms with Crippen molar-refractivity contribution in [1.29, 1.82) is 0 Å². The van der Waals surface area contributed by atoms with E-state index in [0.29, 0.717) is 5.76 Å². The van der Waals surface area contributed by atoms with Crippen LogP contribution in [-0.4, -0.2) is 17.8 Å². The van der Waals surface area contributed by atoms with Crippen LogP contribution in [0.2, 0.25) is 0 Å². The molecule has 1 unspecified atom stereocenters. The van der Waals surface area contributed by atoms with Crippen LogP contribution in [0.5, 0.6) is 0 Å². The molecule has 1 aliphatic rings. The molecule has 9 heavy (non-hydrogen) atoms. The number of rotatable bonds is 1. The van der Waals surface area contributed by atoms with Gasteiger partial charge in [-0.3, -0.25) is 0 Å². The Morgan fingerprint density at radius 3 is 2.67 bits per heavy atom. The lowest BCUT2D eigenvalue weighted by Gasteiger charge is -2.18. The first kappa shape index (κ1) is 6.62. The van der Waals surface area contributed by atoms with Crippen LogP contribution in [0, 0.1) is 0 Å². The van der Waals surface area contributed by atoms with Crippen LogP contribution in [-0.2, 0) is 4.74 Å². The molecule has 1 atom stereocenters. The van der Waals surface area contributed by atoms with Crippen molar-refractivity contribution >= 4 is 0 Å². The van der Waals surface area contributed by atoms with Crippen molar-refractivity contribution in [3.8, 4) is 0 Å². The van der Waals surface area contributed by atoms with Gasteiger partial charge in [-0.05, 0) is 25.8 Å². The second-order valence-corrected chi connectivity index (χ2v) is 2.59. The van der Waals surface area contributed by atoms with Gasteiger partial charge in [-0.1, -0.05) is 0 Å². The van der Waals surface area contributed by atoms with E-state index in [0.717, 1.165) is 12.8 Å². The molecule has 0 fully saturated rings. The SMILES string of the molecule is COC1=CCCC1(C)O. The minimum Gasteiger partial charge on any atom is -0.498 e. The number of hydrogen-bond donors (Lipinski definition) is 1. The molecular weight excluding hydrogens is 116 g/mol. The molecule has 0 aromatic carbocycles. The van der Waals surface area contributed by atoms with Crippen LogP contribution in [0.1, 0.15) is 19.8 Å². The Balaban J connectivity index is 2.69. The van der Waals surface area contributed by atoms with E-state index in [4.69, 9.17) is 4.74 Å². The van der Waals surface area contributed by atoms with Crippen LogP contribution in [0.4, 0.5) is 0 Å². The summed E-state index contributed by atoms with van der Waals surface area (Å²) in [6.45, 7) is 1.77. The van der Waals surface area contributed by atoms with E-state index in [1.165, 1.54) is 0 Å². The molecule has 0 aromatic rings. The normalized spacial score (nSPS) is 34.3. The van der Waals surface area contributed by atoms with E-state index in [-0.39, 0.29) is 0 Å². The zero-order valence-corrected chi connectivity index (χ0v) is 5.85. The van der Waals surface area contributed by atoms with E-state index in [1.807, 2.05) is 6.08 Å². The summed E-state index contributed by atoms with van der Waals surface area (Å²) in [7, 11) is 1.59. The third kappa shape index (κ3) is 1.08. The minimum atomic E-state index is -0.700. The largest absolute Gasteiger partial charge is 0.498 e. The van der Waals surface area contributed by atoms with E-state index < -0.39 is 5.60 Å². The zero-order chi connectivity index (χ0) is 6.91. The summed E-state index contributed by atoms with van der Waals surface area (Å²) >= 11 is 0. The van der Waals surface area contributed by atoms with Gasteiger partial charge < -0.3 is 9.84 Å². The fourth-order valence-corrected chi connectivity index (χ4v) is 1.13. The molecule has 2 heteroatoms. The summed E-state index contributed by atoms with van der Waals surface area (Å²) in [4.78, 5) is 0. The molecule has 0 heterocycles. The molecule has 0 bridgehead atoms. The van der Waals surface area contributed by atoms with Gasteiger partial charge in [-0.2, -0.15) is 0 Å². The Morgan fingerprint density at radius 2 is 2.44 bits per heavy atom. The highest BCUT2D eigenvalue weighted by atomic mass is 16.5. The minimum absolute atomic E-state index is 0.700. The smallest absolute Gasteiger partial charge is 0.123 e. The Hall–Kier alpha value is -0.500. The fraction of sp³-hybridized carbons (Fsp3) is 0.714. The third-order valence-corrected chi connectivity index (χ3v) is 1.71. The summed E-state index contributed by atoms with van der Waals surface area (Å²) in [5, 5.41) is 9.46. The molecule has 1 rings (SSSR count). The van der Waals surface area contributed by atoms with Crippen molar-refractivity contribution in [2.24, 2.45) is 0 Å².